The van der Waals surface area contributed by atoms with Crippen LogP contribution in [0.5, 0.6) is 0 Å². The van der Waals surface area contributed by atoms with E-state index in [2.05, 4.69) is 20.8 Å². The van der Waals surface area contributed by atoms with Gasteiger partial charge in [-0.05, 0) is 25.1 Å². The molecule has 0 aromatic rings. The van der Waals surface area contributed by atoms with Crippen molar-refractivity contribution in [2.24, 2.45) is 0 Å². The van der Waals surface area contributed by atoms with Crippen LogP contribution in [0.25, 0.3) is 0 Å². The lowest BCUT2D eigenvalue weighted by Gasteiger charge is -2.31. The fourth-order valence-electron chi connectivity index (χ4n) is 3.45. The zero-order valence-electron chi connectivity index (χ0n) is 17.4. The number of unbranched alkanes of at least 4 members (excludes halogenated alkanes) is 9. The molecule has 0 unspecified atom stereocenters. The molecule has 0 rings (SSSR count). The van der Waals surface area contributed by atoms with E-state index in [9.17, 15) is 8.42 Å². The Hall–Kier alpha value is 0.127. The molecule has 0 aromatic carbocycles. The molecular formula is C20H44O3SSi. The van der Waals surface area contributed by atoms with E-state index < -0.39 is 18.4 Å². The van der Waals surface area contributed by atoms with Gasteiger partial charge in [-0.15, -0.1) is 0 Å². The molecule has 3 nitrogen and oxygen atoms in total. The lowest BCUT2D eigenvalue weighted by atomic mass is 10.2. The SMILES string of the molecule is CCCCCC[Si](CCCCCC)(CCCCCC)OS(=O)(=O)CC. The van der Waals surface area contributed by atoms with E-state index in [0.717, 1.165) is 37.4 Å². The Balaban J connectivity index is 4.99. The Morgan fingerprint density at radius 3 is 1.24 bits per heavy atom. The van der Waals surface area contributed by atoms with Gasteiger partial charge in [-0.2, -0.15) is 0 Å². The quantitative estimate of drug-likeness (QED) is 0.185. The first-order valence-electron chi connectivity index (χ1n) is 10.9. The fraction of sp³-hybridized carbons (Fsp3) is 1.00. The van der Waals surface area contributed by atoms with E-state index >= 15 is 0 Å². The largest absolute Gasteiger partial charge is 0.315 e. The summed E-state index contributed by atoms with van der Waals surface area (Å²) in [5.74, 6) is 0.112. The zero-order chi connectivity index (χ0) is 19.0. The van der Waals surface area contributed by atoms with E-state index in [0.29, 0.717) is 0 Å². The van der Waals surface area contributed by atoms with Gasteiger partial charge in [0.2, 0.25) is 8.32 Å². The Bertz CT molecular complexity index is 364. The monoisotopic (exact) mass is 392 g/mol. The highest BCUT2D eigenvalue weighted by Crippen LogP contribution is 2.32. The van der Waals surface area contributed by atoms with Gasteiger partial charge in [-0.25, -0.2) is 8.42 Å². The first-order chi connectivity index (χ1) is 11.9. The van der Waals surface area contributed by atoms with Gasteiger partial charge >= 0.3 is 0 Å². The normalized spacial score (nSPS) is 12.6. The van der Waals surface area contributed by atoms with Crippen molar-refractivity contribution < 1.29 is 12.3 Å². The summed E-state index contributed by atoms with van der Waals surface area (Å²) in [6.07, 6.45) is 14.5. The van der Waals surface area contributed by atoms with Crippen molar-refractivity contribution in [3.05, 3.63) is 0 Å². The molecular weight excluding hydrogens is 348 g/mol. The van der Waals surface area contributed by atoms with Crippen LogP contribution in [0.1, 0.15) is 105 Å². The predicted octanol–water partition coefficient (Wildman–Crippen LogP) is 7.04. The molecule has 0 heterocycles. The average Bonchev–Trinajstić information content (AvgIpc) is 2.59. The maximum absolute atomic E-state index is 12.3. The summed E-state index contributed by atoms with van der Waals surface area (Å²) in [7, 11) is -5.53. The third-order valence-electron chi connectivity index (χ3n) is 5.12. The van der Waals surface area contributed by atoms with Crippen LogP contribution < -0.4 is 0 Å². The Morgan fingerprint density at radius 1 is 0.600 bits per heavy atom. The van der Waals surface area contributed by atoms with Gasteiger partial charge < -0.3 is 3.87 Å². The van der Waals surface area contributed by atoms with E-state index in [4.69, 9.17) is 3.87 Å². The van der Waals surface area contributed by atoms with E-state index in [1.54, 1.807) is 6.92 Å². The predicted molar refractivity (Wildman–Crippen MR) is 113 cm³/mol. The molecule has 0 saturated heterocycles. The minimum absolute atomic E-state index is 0.112. The summed E-state index contributed by atoms with van der Waals surface area (Å²) < 4.78 is 30.6. The van der Waals surface area contributed by atoms with Crippen LogP contribution in [-0.2, 0) is 14.0 Å². The van der Waals surface area contributed by atoms with Gasteiger partial charge in [0.05, 0.1) is 5.75 Å². The molecule has 0 spiro atoms. The van der Waals surface area contributed by atoms with E-state index in [1.165, 1.54) is 57.8 Å². The summed E-state index contributed by atoms with van der Waals surface area (Å²) in [5.41, 5.74) is 0. The second kappa shape index (κ2) is 15.2. The standard InChI is InChI=1S/C20H44O3SSi/c1-5-9-12-15-18-25(19-16-13-10-6-2,20-17-14-11-7-3)23-24(21,22)8-4/h5-20H2,1-4H3. The lowest BCUT2D eigenvalue weighted by Crippen LogP contribution is -2.40. The second-order valence-electron chi connectivity index (χ2n) is 7.54. The van der Waals surface area contributed by atoms with Gasteiger partial charge in [-0.3, -0.25) is 0 Å². The molecule has 0 amide bonds. The van der Waals surface area contributed by atoms with Crippen molar-refractivity contribution in [1.82, 2.24) is 0 Å². The van der Waals surface area contributed by atoms with Crippen LogP contribution in [0.3, 0.4) is 0 Å². The third-order valence-corrected chi connectivity index (χ3v) is 12.0. The fourth-order valence-corrected chi connectivity index (χ4v) is 10.5. The molecule has 0 radical (unpaired) electrons. The highest BCUT2D eigenvalue weighted by molar-refractivity contribution is 7.87. The van der Waals surface area contributed by atoms with Crippen molar-refractivity contribution in [3.63, 3.8) is 0 Å². The second-order valence-corrected chi connectivity index (χ2v) is 13.8. The maximum Gasteiger partial charge on any atom is 0.257 e. The van der Waals surface area contributed by atoms with Crippen molar-refractivity contribution in [2.75, 3.05) is 5.75 Å². The van der Waals surface area contributed by atoms with Crippen LogP contribution in [0.2, 0.25) is 18.1 Å². The summed E-state index contributed by atoms with van der Waals surface area (Å²) in [6.45, 7) is 8.37. The molecule has 0 bridgehead atoms. The smallest absolute Gasteiger partial charge is 0.257 e. The summed E-state index contributed by atoms with van der Waals surface area (Å²) in [4.78, 5) is 0. The minimum atomic E-state index is -3.34. The lowest BCUT2D eigenvalue weighted by molar-refractivity contribution is 0.464. The molecule has 0 fully saturated rings. The maximum atomic E-state index is 12.3. The molecule has 0 atom stereocenters. The molecule has 0 aromatic heterocycles. The first kappa shape index (κ1) is 25.1. The molecule has 0 N–H and O–H groups in total. The van der Waals surface area contributed by atoms with Crippen LogP contribution in [0.15, 0.2) is 0 Å². The average molecular weight is 393 g/mol. The van der Waals surface area contributed by atoms with E-state index in [1.807, 2.05) is 0 Å². The molecule has 25 heavy (non-hydrogen) atoms. The first-order valence-corrected chi connectivity index (χ1v) is 15.0. The Labute approximate surface area is 159 Å². The molecule has 152 valence electrons. The highest BCUT2D eigenvalue weighted by Gasteiger charge is 2.37. The zero-order valence-corrected chi connectivity index (χ0v) is 19.3. The number of rotatable bonds is 18. The molecule has 5 heteroatoms. The third kappa shape index (κ3) is 13.0. The van der Waals surface area contributed by atoms with Gasteiger partial charge in [0.1, 0.15) is 0 Å². The molecule has 0 aliphatic carbocycles. The van der Waals surface area contributed by atoms with Gasteiger partial charge in [0, 0.05) is 0 Å². The van der Waals surface area contributed by atoms with Gasteiger partial charge in [-0.1, -0.05) is 97.8 Å². The van der Waals surface area contributed by atoms with Crippen molar-refractivity contribution in [3.8, 4) is 0 Å². The van der Waals surface area contributed by atoms with Gasteiger partial charge in [0.25, 0.3) is 10.1 Å². The molecule has 0 aliphatic rings. The van der Waals surface area contributed by atoms with Crippen molar-refractivity contribution in [1.29, 1.82) is 0 Å². The summed E-state index contributed by atoms with van der Waals surface area (Å²) >= 11 is 0. The Morgan fingerprint density at radius 2 is 0.960 bits per heavy atom. The van der Waals surface area contributed by atoms with Crippen molar-refractivity contribution >= 4 is 18.4 Å². The summed E-state index contributed by atoms with van der Waals surface area (Å²) in [5, 5.41) is 0. The van der Waals surface area contributed by atoms with Crippen LogP contribution in [0, 0.1) is 0 Å². The number of hydrogen-bond acceptors (Lipinski definition) is 3. The molecule has 0 aliphatic heterocycles. The number of hydrogen-bond donors (Lipinski definition) is 0. The summed E-state index contributed by atoms with van der Waals surface area (Å²) in [6, 6.07) is 3.10. The Kier molecular flexibility index (Phi) is 15.3. The van der Waals surface area contributed by atoms with Gasteiger partial charge in [0.15, 0.2) is 0 Å². The van der Waals surface area contributed by atoms with Crippen LogP contribution in [0.4, 0.5) is 0 Å². The van der Waals surface area contributed by atoms with Crippen molar-refractivity contribution in [2.45, 2.75) is 123 Å². The minimum Gasteiger partial charge on any atom is -0.315 e. The molecule has 0 saturated carbocycles. The van der Waals surface area contributed by atoms with Crippen LogP contribution >= 0.6 is 0 Å². The topological polar surface area (TPSA) is 43.4 Å². The highest BCUT2D eigenvalue weighted by atomic mass is 32.2. The van der Waals surface area contributed by atoms with E-state index in [-0.39, 0.29) is 5.75 Å². The van der Waals surface area contributed by atoms with Crippen LogP contribution in [-0.4, -0.2) is 22.5 Å².